The summed E-state index contributed by atoms with van der Waals surface area (Å²) in [6, 6.07) is 5.06. The van der Waals surface area contributed by atoms with Crippen LogP contribution in [0.15, 0.2) is 30.6 Å². The highest BCUT2D eigenvalue weighted by atomic mass is 35.5. The molecular formula is C16H15Cl2N3O2. The summed E-state index contributed by atoms with van der Waals surface area (Å²) < 4.78 is 5.79. The summed E-state index contributed by atoms with van der Waals surface area (Å²) in [7, 11) is 0. The number of nitrogens with one attached hydrogen (secondary N) is 1. The van der Waals surface area contributed by atoms with E-state index in [1.165, 1.54) is 12.6 Å². The average molecular weight is 352 g/mol. The van der Waals surface area contributed by atoms with Gasteiger partial charge in [0.05, 0.1) is 18.7 Å². The van der Waals surface area contributed by atoms with E-state index in [-0.39, 0.29) is 18.4 Å². The van der Waals surface area contributed by atoms with Crippen LogP contribution in [0.2, 0.25) is 10.2 Å². The molecule has 1 saturated carbocycles. The van der Waals surface area contributed by atoms with Crippen molar-refractivity contribution in [3.63, 3.8) is 0 Å². The fraction of sp³-hybridized carbons (Fsp3) is 0.312. The second-order valence-electron chi connectivity index (χ2n) is 5.38. The zero-order valence-electron chi connectivity index (χ0n) is 12.3. The molecule has 0 bridgehead atoms. The van der Waals surface area contributed by atoms with Crippen molar-refractivity contribution in [2.45, 2.75) is 31.8 Å². The molecular weight excluding hydrogens is 337 g/mol. The number of rotatable bonds is 5. The third-order valence-corrected chi connectivity index (χ3v) is 4.09. The van der Waals surface area contributed by atoms with Gasteiger partial charge in [-0.05, 0) is 30.9 Å². The Morgan fingerprint density at radius 1 is 1.26 bits per heavy atom. The van der Waals surface area contributed by atoms with Crippen molar-refractivity contribution in [1.29, 1.82) is 0 Å². The molecule has 0 radical (unpaired) electrons. The van der Waals surface area contributed by atoms with Gasteiger partial charge in [-0.3, -0.25) is 4.79 Å². The predicted octanol–water partition coefficient (Wildman–Crippen LogP) is 3.90. The number of carbonyl (C=O) groups is 1. The van der Waals surface area contributed by atoms with Gasteiger partial charge in [0.1, 0.15) is 21.7 Å². The highest BCUT2D eigenvalue weighted by Gasteiger charge is 2.20. The maximum Gasteiger partial charge on any atom is 0.230 e. The maximum atomic E-state index is 12.1. The molecule has 5 nitrogen and oxygen atoms in total. The van der Waals surface area contributed by atoms with E-state index < -0.39 is 0 Å². The van der Waals surface area contributed by atoms with Crippen molar-refractivity contribution in [2.24, 2.45) is 0 Å². The number of amides is 1. The number of anilines is 1. The molecule has 1 amide bonds. The first-order chi connectivity index (χ1) is 11.1. The summed E-state index contributed by atoms with van der Waals surface area (Å²) in [6.45, 7) is 0. The van der Waals surface area contributed by atoms with Crippen molar-refractivity contribution in [3.8, 4) is 5.75 Å². The van der Waals surface area contributed by atoms with Gasteiger partial charge < -0.3 is 10.1 Å². The average Bonchev–Trinajstić information content (AvgIpc) is 2.48. The molecule has 0 atom stereocenters. The lowest BCUT2D eigenvalue weighted by atomic mass is 9.96. The number of halogens is 2. The first-order valence-corrected chi connectivity index (χ1v) is 8.08. The van der Waals surface area contributed by atoms with Gasteiger partial charge in [-0.25, -0.2) is 9.97 Å². The van der Waals surface area contributed by atoms with E-state index in [9.17, 15) is 4.79 Å². The van der Waals surface area contributed by atoms with E-state index in [1.54, 1.807) is 24.4 Å². The van der Waals surface area contributed by atoms with Crippen molar-refractivity contribution in [3.05, 3.63) is 46.3 Å². The third-order valence-electron chi connectivity index (χ3n) is 3.59. The first-order valence-electron chi connectivity index (χ1n) is 7.32. The first kappa shape index (κ1) is 16.0. The van der Waals surface area contributed by atoms with Crippen LogP contribution < -0.4 is 10.1 Å². The van der Waals surface area contributed by atoms with Crippen LogP contribution in [-0.2, 0) is 11.2 Å². The molecule has 0 aliphatic heterocycles. The van der Waals surface area contributed by atoms with Crippen LogP contribution in [-0.4, -0.2) is 22.0 Å². The molecule has 0 saturated heterocycles. The molecule has 120 valence electrons. The van der Waals surface area contributed by atoms with E-state index in [0.29, 0.717) is 21.7 Å². The van der Waals surface area contributed by atoms with E-state index in [1.807, 2.05) is 0 Å². The molecule has 3 rings (SSSR count). The number of aromatic nitrogens is 2. The monoisotopic (exact) mass is 351 g/mol. The summed E-state index contributed by atoms with van der Waals surface area (Å²) in [4.78, 5) is 20.1. The SMILES string of the molecule is O=C(Cc1ccc(Cl)nc1)Nc1cc(OC2CCC2)c(Cl)cn1. The fourth-order valence-corrected chi connectivity index (χ4v) is 2.39. The highest BCUT2D eigenvalue weighted by Crippen LogP contribution is 2.31. The minimum absolute atomic E-state index is 0.188. The molecule has 0 aromatic carbocycles. The molecule has 23 heavy (non-hydrogen) atoms. The summed E-state index contributed by atoms with van der Waals surface area (Å²) in [6.07, 6.45) is 6.68. The lowest BCUT2D eigenvalue weighted by molar-refractivity contribution is -0.115. The highest BCUT2D eigenvalue weighted by molar-refractivity contribution is 6.32. The van der Waals surface area contributed by atoms with Crippen LogP contribution in [0.5, 0.6) is 5.75 Å². The van der Waals surface area contributed by atoms with Crippen LogP contribution in [0.25, 0.3) is 0 Å². The van der Waals surface area contributed by atoms with Gasteiger partial charge in [0.25, 0.3) is 0 Å². The van der Waals surface area contributed by atoms with Gasteiger partial charge in [-0.1, -0.05) is 29.3 Å². The Labute approximate surface area is 144 Å². The van der Waals surface area contributed by atoms with Crippen LogP contribution in [0.3, 0.4) is 0 Å². The van der Waals surface area contributed by atoms with Crippen molar-refractivity contribution < 1.29 is 9.53 Å². The Morgan fingerprint density at radius 2 is 2.09 bits per heavy atom. The summed E-state index contributed by atoms with van der Waals surface area (Å²) in [5.41, 5.74) is 0.770. The van der Waals surface area contributed by atoms with Gasteiger partial charge in [-0.2, -0.15) is 0 Å². The molecule has 2 aromatic rings. The van der Waals surface area contributed by atoms with Gasteiger partial charge in [0.15, 0.2) is 0 Å². The van der Waals surface area contributed by atoms with Crippen molar-refractivity contribution >= 4 is 34.9 Å². The molecule has 1 aliphatic rings. The fourth-order valence-electron chi connectivity index (χ4n) is 2.13. The molecule has 1 fully saturated rings. The number of carbonyl (C=O) groups excluding carboxylic acids is 1. The lowest BCUT2D eigenvalue weighted by Gasteiger charge is -2.26. The number of hydrogen-bond acceptors (Lipinski definition) is 4. The topological polar surface area (TPSA) is 64.1 Å². The third kappa shape index (κ3) is 4.33. The van der Waals surface area contributed by atoms with Crippen LogP contribution in [0, 0.1) is 0 Å². The van der Waals surface area contributed by atoms with Crippen molar-refractivity contribution in [2.75, 3.05) is 5.32 Å². The second kappa shape index (κ2) is 7.15. The molecule has 2 aromatic heterocycles. The Kier molecular flexibility index (Phi) is 4.98. The number of hydrogen-bond donors (Lipinski definition) is 1. The van der Waals surface area contributed by atoms with E-state index in [2.05, 4.69) is 15.3 Å². The number of nitrogens with zero attached hydrogens (tertiary/aromatic N) is 2. The summed E-state index contributed by atoms with van der Waals surface area (Å²) >= 11 is 11.8. The van der Waals surface area contributed by atoms with Gasteiger partial charge >= 0.3 is 0 Å². The normalized spacial score (nSPS) is 14.2. The minimum atomic E-state index is -0.196. The standard InChI is InChI=1S/C16H15Cl2N3O2/c17-12-9-20-15(7-13(12)23-11-2-1-3-11)21-16(22)6-10-4-5-14(18)19-8-10/h4-5,7-9,11H,1-3,6H2,(H,20,21,22). The van der Waals surface area contributed by atoms with E-state index in [0.717, 1.165) is 18.4 Å². The Bertz CT molecular complexity index is 703. The van der Waals surface area contributed by atoms with Crippen LogP contribution in [0.4, 0.5) is 5.82 Å². The molecule has 7 heteroatoms. The zero-order valence-corrected chi connectivity index (χ0v) is 13.8. The molecule has 0 spiro atoms. The predicted molar refractivity (Wildman–Crippen MR) is 89.1 cm³/mol. The quantitative estimate of drug-likeness (QED) is 0.829. The van der Waals surface area contributed by atoms with Gasteiger partial charge in [0, 0.05) is 12.3 Å². The van der Waals surface area contributed by atoms with Gasteiger partial charge in [-0.15, -0.1) is 0 Å². The van der Waals surface area contributed by atoms with E-state index in [4.69, 9.17) is 27.9 Å². The Morgan fingerprint density at radius 3 is 2.74 bits per heavy atom. The van der Waals surface area contributed by atoms with Crippen molar-refractivity contribution in [1.82, 2.24) is 9.97 Å². The van der Waals surface area contributed by atoms with Gasteiger partial charge in [0.2, 0.25) is 5.91 Å². The zero-order chi connectivity index (χ0) is 16.2. The molecule has 1 N–H and O–H groups in total. The number of pyridine rings is 2. The number of ether oxygens (including phenoxy) is 1. The Hall–Kier alpha value is -1.85. The second-order valence-corrected chi connectivity index (χ2v) is 6.18. The van der Waals surface area contributed by atoms with Crippen LogP contribution in [0.1, 0.15) is 24.8 Å². The molecule has 2 heterocycles. The Balaban J connectivity index is 1.63. The smallest absolute Gasteiger partial charge is 0.230 e. The molecule has 0 unspecified atom stereocenters. The largest absolute Gasteiger partial charge is 0.489 e. The van der Waals surface area contributed by atoms with E-state index >= 15 is 0 Å². The summed E-state index contributed by atoms with van der Waals surface area (Å²) in [5, 5.41) is 3.57. The maximum absolute atomic E-state index is 12.1. The summed E-state index contributed by atoms with van der Waals surface area (Å²) in [5.74, 6) is 0.768. The minimum Gasteiger partial charge on any atom is -0.489 e. The molecule has 1 aliphatic carbocycles. The lowest BCUT2D eigenvalue weighted by Crippen LogP contribution is -2.24. The van der Waals surface area contributed by atoms with Crippen LogP contribution >= 0.6 is 23.2 Å².